The summed E-state index contributed by atoms with van der Waals surface area (Å²) in [4.78, 5) is 23.9. The number of esters is 1. The molecule has 27 heavy (non-hydrogen) atoms. The smallest absolute Gasteiger partial charge is 0.340 e. The predicted molar refractivity (Wildman–Crippen MR) is 105 cm³/mol. The second kappa shape index (κ2) is 8.83. The SMILES string of the molecule is COC(=O)c1ccsc1NC(=O)CSc1nnc(Cc2ccccc2)n1C. The Morgan fingerprint density at radius 3 is 2.74 bits per heavy atom. The van der Waals surface area contributed by atoms with Gasteiger partial charge in [0.25, 0.3) is 0 Å². The highest BCUT2D eigenvalue weighted by molar-refractivity contribution is 7.99. The molecule has 0 radical (unpaired) electrons. The van der Waals surface area contributed by atoms with Crippen LogP contribution in [0.2, 0.25) is 0 Å². The van der Waals surface area contributed by atoms with Gasteiger partial charge in [-0.3, -0.25) is 4.79 Å². The summed E-state index contributed by atoms with van der Waals surface area (Å²) in [6, 6.07) is 11.6. The minimum atomic E-state index is -0.474. The van der Waals surface area contributed by atoms with E-state index in [0.29, 0.717) is 22.1 Å². The summed E-state index contributed by atoms with van der Waals surface area (Å²) in [6.45, 7) is 0. The Labute approximate surface area is 164 Å². The highest BCUT2D eigenvalue weighted by Crippen LogP contribution is 2.25. The van der Waals surface area contributed by atoms with Crippen molar-refractivity contribution in [2.75, 3.05) is 18.2 Å². The average Bonchev–Trinajstić information content (AvgIpc) is 3.27. The molecule has 0 aliphatic heterocycles. The number of carbonyl (C=O) groups is 2. The van der Waals surface area contributed by atoms with E-state index in [0.717, 1.165) is 11.4 Å². The Kier molecular flexibility index (Phi) is 6.25. The van der Waals surface area contributed by atoms with E-state index in [2.05, 4.69) is 15.5 Å². The van der Waals surface area contributed by atoms with E-state index in [4.69, 9.17) is 4.74 Å². The Bertz CT molecular complexity index is 937. The molecule has 0 aliphatic carbocycles. The van der Waals surface area contributed by atoms with Gasteiger partial charge in [0.1, 0.15) is 10.8 Å². The molecule has 1 amide bonds. The van der Waals surface area contributed by atoms with Crippen molar-refractivity contribution in [2.45, 2.75) is 11.6 Å². The van der Waals surface area contributed by atoms with Gasteiger partial charge >= 0.3 is 5.97 Å². The lowest BCUT2D eigenvalue weighted by Gasteiger charge is -2.06. The number of nitrogens with zero attached hydrogens (tertiary/aromatic N) is 3. The fourth-order valence-corrected chi connectivity index (χ4v) is 3.89. The molecule has 9 heteroatoms. The molecule has 1 aromatic carbocycles. The maximum Gasteiger partial charge on any atom is 0.340 e. The average molecular weight is 403 g/mol. The topological polar surface area (TPSA) is 86.1 Å². The van der Waals surface area contributed by atoms with Gasteiger partial charge in [-0.25, -0.2) is 4.79 Å². The molecular formula is C18H18N4O3S2. The molecule has 0 saturated carbocycles. The van der Waals surface area contributed by atoms with Crippen LogP contribution in [0.1, 0.15) is 21.7 Å². The highest BCUT2D eigenvalue weighted by atomic mass is 32.2. The highest BCUT2D eigenvalue weighted by Gasteiger charge is 2.16. The number of rotatable bonds is 7. The first-order valence-corrected chi connectivity index (χ1v) is 9.95. The minimum Gasteiger partial charge on any atom is -0.465 e. The van der Waals surface area contributed by atoms with Crippen LogP contribution < -0.4 is 5.32 Å². The number of aromatic nitrogens is 3. The number of benzene rings is 1. The van der Waals surface area contributed by atoms with Crippen LogP contribution >= 0.6 is 23.1 Å². The summed E-state index contributed by atoms with van der Waals surface area (Å²) in [5.74, 6) is 0.295. The van der Waals surface area contributed by atoms with E-state index >= 15 is 0 Å². The van der Waals surface area contributed by atoms with Crippen LogP contribution in [-0.2, 0) is 23.0 Å². The predicted octanol–water partition coefficient (Wildman–Crippen LogP) is 2.98. The molecule has 0 bridgehead atoms. The molecule has 0 unspecified atom stereocenters. The number of hydrogen-bond donors (Lipinski definition) is 1. The van der Waals surface area contributed by atoms with Gasteiger partial charge < -0.3 is 14.6 Å². The van der Waals surface area contributed by atoms with Crippen molar-refractivity contribution in [3.8, 4) is 0 Å². The normalized spacial score (nSPS) is 10.6. The first-order valence-electron chi connectivity index (χ1n) is 8.09. The third-order valence-electron chi connectivity index (χ3n) is 3.79. The van der Waals surface area contributed by atoms with E-state index in [1.165, 1.54) is 30.2 Å². The summed E-state index contributed by atoms with van der Waals surface area (Å²) in [6.07, 6.45) is 0.675. The third-order valence-corrected chi connectivity index (χ3v) is 5.64. The monoisotopic (exact) mass is 402 g/mol. The second-order valence-corrected chi connectivity index (χ2v) is 7.47. The lowest BCUT2D eigenvalue weighted by Crippen LogP contribution is -2.16. The third kappa shape index (κ3) is 4.75. The number of methoxy groups -OCH3 is 1. The number of hydrogen-bond acceptors (Lipinski definition) is 7. The van der Waals surface area contributed by atoms with Gasteiger partial charge in [-0.1, -0.05) is 42.1 Å². The fraction of sp³-hybridized carbons (Fsp3) is 0.222. The summed E-state index contributed by atoms with van der Waals surface area (Å²) in [5.41, 5.74) is 1.50. The molecule has 3 rings (SSSR count). The number of thiophene rings is 1. The number of ether oxygens (including phenoxy) is 1. The van der Waals surface area contributed by atoms with E-state index in [1.54, 1.807) is 11.4 Å². The van der Waals surface area contributed by atoms with Crippen LogP contribution in [0, 0.1) is 0 Å². The van der Waals surface area contributed by atoms with Gasteiger partial charge in [0, 0.05) is 13.5 Å². The zero-order chi connectivity index (χ0) is 19.2. The molecule has 2 heterocycles. The molecule has 7 nitrogen and oxygen atoms in total. The van der Waals surface area contributed by atoms with Crippen molar-refractivity contribution in [3.63, 3.8) is 0 Å². The number of anilines is 1. The first kappa shape index (κ1) is 19.1. The fourth-order valence-electron chi connectivity index (χ4n) is 2.37. The van der Waals surface area contributed by atoms with Gasteiger partial charge in [-0.05, 0) is 17.0 Å². The Morgan fingerprint density at radius 1 is 1.22 bits per heavy atom. The van der Waals surface area contributed by atoms with Crippen LogP contribution in [0.15, 0.2) is 46.9 Å². The second-order valence-electron chi connectivity index (χ2n) is 5.61. The molecular weight excluding hydrogens is 384 g/mol. The van der Waals surface area contributed by atoms with Gasteiger partial charge in [0.05, 0.1) is 18.4 Å². The number of thioether (sulfide) groups is 1. The Balaban J connectivity index is 1.58. The van der Waals surface area contributed by atoms with Crippen LogP contribution in [0.4, 0.5) is 5.00 Å². The van der Waals surface area contributed by atoms with E-state index < -0.39 is 5.97 Å². The van der Waals surface area contributed by atoms with Crippen molar-refractivity contribution >= 4 is 40.0 Å². The standard InChI is InChI=1S/C18H18N4O3S2/c1-22-14(10-12-6-4-3-5-7-12)20-21-18(22)27-11-15(23)19-16-13(8-9-26-16)17(24)25-2/h3-9H,10-11H2,1-2H3,(H,19,23). The van der Waals surface area contributed by atoms with Crippen molar-refractivity contribution in [3.05, 3.63) is 58.7 Å². The minimum absolute atomic E-state index is 0.163. The zero-order valence-electron chi connectivity index (χ0n) is 14.8. The quantitative estimate of drug-likeness (QED) is 0.483. The van der Waals surface area contributed by atoms with E-state index in [9.17, 15) is 9.59 Å². The zero-order valence-corrected chi connectivity index (χ0v) is 16.5. The summed E-state index contributed by atoms with van der Waals surface area (Å²) < 4.78 is 6.59. The molecule has 2 aromatic heterocycles. The lowest BCUT2D eigenvalue weighted by atomic mass is 10.1. The Morgan fingerprint density at radius 2 is 2.00 bits per heavy atom. The van der Waals surface area contributed by atoms with Gasteiger partial charge in [-0.2, -0.15) is 0 Å². The molecule has 0 fully saturated rings. The number of carbonyl (C=O) groups excluding carboxylic acids is 2. The van der Waals surface area contributed by atoms with E-state index in [-0.39, 0.29) is 11.7 Å². The van der Waals surface area contributed by atoms with Crippen LogP contribution in [0.25, 0.3) is 0 Å². The Hall–Kier alpha value is -2.65. The van der Waals surface area contributed by atoms with Crippen molar-refractivity contribution < 1.29 is 14.3 Å². The summed E-state index contributed by atoms with van der Waals surface area (Å²) in [7, 11) is 3.19. The molecule has 0 saturated heterocycles. The number of amides is 1. The van der Waals surface area contributed by atoms with Gasteiger partial charge in [-0.15, -0.1) is 21.5 Å². The lowest BCUT2D eigenvalue weighted by molar-refractivity contribution is -0.113. The maximum absolute atomic E-state index is 12.2. The molecule has 0 spiro atoms. The molecule has 140 valence electrons. The van der Waals surface area contributed by atoms with Crippen LogP contribution in [0.3, 0.4) is 0 Å². The molecule has 0 atom stereocenters. The van der Waals surface area contributed by atoms with Crippen molar-refractivity contribution in [1.29, 1.82) is 0 Å². The van der Waals surface area contributed by atoms with Gasteiger partial charge in [0.2, 0.25) is 5.91 Å². The molecule has 3 aromatic rings. The largest absolute Gasteiger partial charge is 0.465 e. The molecule has 0 aliphatic rings. The molecule has 1 N–H and O–H groups in total. The van der Waals surface area contributed by atoms with Crippen LogP contribution in [-0.4, -0.2) is 39.5 Å². The van der Waals surface area contributed by atoms with Crippen LogP contribution in [0.5, 0.6) is 0 Å². The maximum atomic E-state index is 12.2. The summed E-state index contributed by atoms with van der Waals surface area (Å²) >= 11 is 2.57. The van der Waals surface area contributed by atoms with Crippen molar-refractivity contribution in [2.24, 2.45) is 7.05 Å². The summed E-state index contributed by atoms with van der Waals surface area (Å²) in [5, 5.41) is 14.0. The first-order chi connectivity index (χ1) is 13.1. The van der Waals surface area contributed by atoms with Gasteiger partial charge in [0.15, 0.2) is 5.16 Å². The van der Waals surface area contributed by atoms with E-state index in [1.807, 2.05) is 41.9 Å². The number of nitrogens with one attached hydrogen (secondary N) is 1. The van der Waals surface area contributed by atoms with Crippen molar-refractivity contribution in [1.82, 2.24) is 14.8 Å².